The molecule has 22 heavy (non-hydrogen) atoms. The molecule has 0 aliphatic carbocycles. The minimum atomic E-state index is -0.0104. The first-order valence-corrected chi connectivity index (χ1v) is 8.18. The van der Waals surface area contributed by atoms with E-state index in [2.05, 4.69) is 10.6 Å². The molecule has 120 valence electrons. The van der Waals surface area contributed by atoms with Gasteiger partial charge in [-0.05, 0) is 44.1 Å². The third-order valence-corrected chi connectivity index (χ3v) is 5.11. The predicted molar refractivity (Wildman–Crippen MR) is 91.0 cm³/mol. The summed E-state index contributed by atoms with van der Waals surface area (Å²) in [6.07, 6.45) is 1.97. The molecule has 0 spiro atoms. The molecule has 3 rings (SSSR count). The Kier molecular flexibility index (Phi) is 5.72. The van der Waals surface area contributed by atoms with Gasteiger partial charge >= 0.3 is 0 Å². The van der Waals surface area contributed by atoms with Gasteiger partial charge in [-0.2, -0.15) is 0 Å². The van der Waals surface area contributed by atoms with Crippen molar-refractivity contribution in [2.24, 2.45) is 0 Å². The number of benzene rings is 1. The topological polar surface area (TPSA) is 61.4 Å². The summed E-state index contributed by atoms with van der Waals surface area (Å²) >= 11 is 1.51. The standard InChI is InChI=1S/C15H19N3O2S.ClH/c1-18(11-4-6-16-7-5-11)15(20)10-2-3-13-12(8-10)17-14(19)9-21-13;/h2-3,8,11,16H,4-7,9H2,1H3,(H,17,19);1H. The van der Waals surface area contributed by atoms with E-state index in [1.165, 1.54) is 11.8 Å². The molecule has 7 heteroatoms. The zero-order valence-corrected chi connectivity index (χ0v) is 14.1. The van der Waals surface area contributed by atoms with E-state index in [4.69, 9.17) is 0 Å². The summed E-state index contributed by atoms with van der Waals surface area (Å²) in [5.41, 5.74) is 1.39. The fraction of sp³-hybridized carbons (Fsp3) is 0.467. The van der Waals surface area contributed by atoms with E-state index in [9.17, 15) is 9.59 Å². The Hall–Kier alpha value is -1.24. The number of fused-ring (bicyclic) bond motifs is 1. The van der Waals surface area contributed by atoms with Crippen LogP contribution in [0.3, 0.4) is 0 Å². The highest BCUT2D eigenvalue weighted by atomic mass is 35.5. The van der Waals surface area contributed by atoms with Crippen molar-refractivity contribution in [3.63, 3.8) is 0 Å². The van der Waals surface area contributed by atoms with E-state index in [1.54, 1.807) is 6.07 Å². The number of nitrogens with zero attached hydrogens (tertiary/aromatic N) is 1. The third kappa shape index (κ3) is 3.56. The molecule has 5 nitrogen and oxygen atoms in total. The van der Waals surface area contributed by atoms with Gasteiger partial charge in [0.05, 0.1) is 11.4 Å². The van der Waals surface area contributed by atoms with Crippen LogP contribution in [0.15, 0.2) is 23.1 Å². The van der Waals surface area contributed by atoms with Crippen molar-refractivity contribution in [2.45, 2.75) is 23.8 Å². The van der Waals surface area contributed by atoms with Gasteiger partial charge in [-0.3, -0.25) is 9.59 Å². The highest BCUT2D eigenvalue weighted by Gasteiger charge is 2.24. The Morgan fingerprint density at radius 1 is 1.32 bits per heavy atom. The van der Waals surface area contributed by atoms with Crippen LogP contribution in [0.5, 0.6) is 0 Å². The number of thioether (sulfide) groups is 1. The number of anilines is 1. The minimum Gasteiger partial charge on any atom is -0.339 e. The molecule has 1 fully saturated rings. The van der Waals surface area contributed by atoms with Gasteiger partial charge in [0.1, 0.15) is 0 Å². The van der Waals surface area contributed by atoms with Crippen LogP contribution in [0, 0.1) is 0 Å². The van der Waals surface area contributed by atoms with Crippen molar-refractivity contribution in [2.75, 3.05) is 31.2 Å². The van der Waals surface area contributed by atoms with Crippen LogP contribution in [-0.2, 0) is 4.79 Å². The van der Waals surface area contributed by atoms with Gasteiger partial charge in [-0.25, -0.2) is 0 Å². The van der Waals surface area contributed by atoms with Crippen LogP contribution >= 0.6 is 24.2 Å². The number of rotatable bonds is 2. The zero-order chi connectivity index (χ0) is 14.8. The van der Waals surface area contributed by atoms with E-state index in [1.807, 2.05) is 24.1 Å². The number of piperidine rings is 1. The molecule has 0 unspecified atom stereocenters. The number of hydrogen-bond donors (Lipinski definition) is 2. The molecule has 2 aliphatic rings. The Morgan fingerprint density at radius 2 is 2.05 bits per heavy atom. The summed E-state index contributed by atoms with van der Waals surface area (Å²) < 4.78 is 0. The first-order chi connectivity index (χ1) is 10.1. The summed E-state index contributed by atoms with van der Waals surface area (Å²) in [5.74, 6) is 0.452. The van der Waals surface area contributed by atoms with Gasteiger partial charge in [0.15, 0.2) is 0 Å². The van der Waals surface area contributed by atoms with E-state index in [0.717, 1.165) is 36.5 Å². The average Bonchev–Trinajstić information content (AvgIpc) is 2.53. The lowest BCUT2D eigenvalue weighted by atomic mass is 10.0. The Balaban J connectivity index is 0.00000176. The maximum atomic E-state index is 12.6. The van der Waals surface area contributed by atoms with Crippen LogP contribution in [0.1, 0.15) is 23.2 Å². The summed E-state index contributed by atoms with van der Waals surface area (Å²) in [6.45, 7) is 1.92. The molecule has 2 N–H and O–H groups in total. The van der Waals surface area contributed by atoms with Crippen molar-refractivity contribution in [3.8, 4) is 0 Å². The molecule has 1 aromatic carbocycles. The summed E-state index contributed by atoms with van der Waals surface area (Å²) in [5, 5.41) is 6.14. The number of amides is 2. The normalized spacial score (nSPS) is 18.0. The number of carbonyl (C=O) groups excluding carboxylic acids is 2. The summed E-state index contributed by atoms with van der Waals surface area (Å²) in [6, 6.07) is 5.85. The average molecular weight is 342 g/mol. The van der Waals surface area contributed by atoms with Crippen LogP contribution in [-0.4, -0.2) is 48.6 Å². The van der Waals surface area contributed by atoms with Crippen LogP contribution in [0.2, 0.25) is 0 Å². The van der Waals surface area contributed by atoms with E-state index in [0.29, 0.717) is 17.4 Å². The maximum Gasteiger partial charge on any atom is 0.253 e. The van der Waals surface area contributed by atoms with Crippen molar-refractivity contribution >= 4 is 41.7 Å². The number of halogens is 1. The van der Waals surface area contributed by atoms with Gasteiger partial charge in [0.2, 0.25) is 5.91 Å². The van der Waals surface area contributed by atoms with E-state index < -0.39 is 0 Å². The molecule has 0 radical (unpaired) electrons. The predicted octanol–water partition coefficient (Wildman–Crippen LogP) is 1.98. The maximum absolute atomic E-state index is 12.6. The van der Waals surface area contributed by atoms with E-state index >= 15 is 0 Å². The van der Waals surface area contributed by atoms with Gasteiger partial charge < -0.3 is 15.5 Å². The zero-order valence-electron chi connectivity index (χ0n) is 12.4. The third-order valence-electron chi connectivity index (χ3n) is 4.04. The highest BCUT2D eigenvalue weighted by molar-refractivity contribution is 8.00. The number of nitrogens with one attached hydrogen (secondary N) is 2. The summed E-state index contributed by atoms with van der Waals surface area (Å²) in [7, 11) is 1.87. The Labute approximate surface area is 140 Å². The smallest absolute Gasteiger partial charge is 0.253 e. The van der Waals surface area contributed by atoms with Crippen molar-refractivity contribution in [1.29, 1.82) is 0 Å². The molecule has 2 amide bonds. The molecule has 0 atom stereocenters. The summed E-state index contributed by atoms with van der Waals surface area (Å²) in [4.78, 5) is 26.9. The second-order valence-electron chi connectivity index (χ2n) is 5.45. The van der Waals surface area contributed by atoms with Crippen LogP contribution < -0.4 is 10.6 Å². The molecule has 2 aliphatic heterocycles. The lowest BCUT2D eigenvalue weighted by molar-refractivity contribution is -0.113. The van der Waals surface area contributed by atoms with Crippen molar-refractivity contribution in [3.05, 3.63) is 23.8 Å². The minimum absolute atomic E-state index is 0. The van der Waals surface area contributed by atoms with Gasteiger partial charge in [-0.15, -0.1) is 24.2 Å². The highest BCUT2D eigenvalue weighted by Crippen LogP contribution is 2.32. The Morgan fingerprint density at radius 3 is 2.77 bits per heavy atom. The molecular formula is C15H20ClN3O2S. The second kappa shape index (κ2) is 7.35. The molecule has 1 aromatic rings. The van der Waals surface area contributed by atoms with Gasteiger partial charge in [-0.1, -0.05) is 0 Å². The first kappa shape index (κ1) is 17.1. The molecule has 0 saturated carbocycles. The van der Waals surface area contributed by atoms with Gasteiger partial charge in [0, 0.05) is 23.5 Å². The fourth-order valence-electron chi connectivity index (χ4n) is 2.78. The van der Waals surface area contributed by atoms with Crippen molar-refractivity contribution in [1.82, 2.24) is 10.2 Å². The van der Waals surface area contributed by atoms with Crippen LogP contribution in [0.25, 0.3) is 0 Å². The first-order valence-electron chi connectivity index (χ1n) is 7.20. The van der Waals surface area contributed by atoms with E-state index in [-0.39, 0.29) is 24.2 Å². The molecular weight excluding hydrogens is 322 g/mol. The number of carbonyl (C=O) groups is 2. The molecule has 0 aromatic heterocycles. The molecule has 0 bridgehead atoms. The Bertz CT molecular complexity index is 576. The largest absolute Gasteiger partial charge is 0.339 e. The number of hydrogen-bond acceptors (Lipinski definition) is 4. The quantitative estimate of drug-likeness (QED) is 0.863. The fourth-order valence-corrected chi connectivity index (χ4v) is 3.57. The van der Waals surface area contributed by atoms with Gasteiger partial charge in [0.25, 0.3) is 5.91 Å². The lowest BCUT2D eigenvalue weighted by Gasteiger charge is -2.32. The molecule has 1 saturated heterocycles. The SMILES string of the molecule is CN(C(=O)c1ccc2c(c1)NC(=O)CS2)C1CCNCC1.Cl. The van der Waals surface area contributed by atoms with Crippen LogP contribution in [0.4, 0.5) is 5.69 Å². The monoisotopic (exact) mass is 341 g/mol. The lowest BCUT2D eigenvalue weighted by Crippen LogP contribution is -2.44. The second-order valence-corrected chi connectivity index (χ2v) is 6.46. The van der Waals surface area contributed by atoms with Crippen molar-refractivity contribution < 1.29 is 9.59 Å². The molecule has 2 heterocycles.